The molecule has 5 aromatic rings. The monoisotopic (exact) mass is 641 g/mol. The number of rotatable bonds is 9. The number of ether oxygens (including phenoxy) is 4. The molecule has 4 aromatic carbocycles. The van der Waals surface area contributed by atoms with Crippen molar-refractivity contribution in [2.75, 3.05) is 21.3 Å². The van der Waals surface area contributed by atoms with E-state index in [1.165, 1.54) is 39.7 Å². The average molecular weight is 643 g/mol. The summed E-state index contributed by atoms with van der Waals surface area (Å²) < 4.78 is 22.5. The highest BCUT2D eigenvalue weighted by atomic mass is 79.9. The number of aromatic nitrogens is 1. The van der Waals surface area contributed by atoms with E-state index in [-0.39, 0.29) is 11.3 Å². The van der Waals surface area contributed by atoms with Gasteiger partial charge in [0.1, 0.15) is 11.4 Å². The summed E-state index contributed by atoms with van der Waals surface area (Å²) in [6.07, 6.45) is 1.41. The van der Waals surface area contributed by atoms with Crippen molar-refractivity contribution < 1.29 is 28.5 Å². The standard InChI is InChI=1S/C33H28BrN3O6/c1-19-9-8-12-24-28(20-10-6-5-7-11-20)30(36-29(19)24)32(38)37-35-18-22-15-23(34)13-14-25(22)43-33(39)21-16-26(40-2)31(42-4)27(17-21)41-3/h5-18,36H,1-4H3,(H,37,38). The van der Waals surface area contributed by atoms with E-state index in [2.05, 4.69) is 31.4 Å². The molecule has 0 aliphatic carbocycles. The summed E-state index contributed by atoms with van der Waals surface area (Å²) >= 11 is 3.44. The van der Waals surface area contributed by atoms with Crippen molar-refractivity contribution in [3.8, 4) is 34.1 Å². The molecule has 0 atom stereocenters. The van der Waals surface area contributed by atoms with Crippen molar-refractivity contribution in [3.63, 3.8) is 0 Å². The van der Waals surface area contributed by atoms with E-state index in [1.807, 2.05) is 55.5 Å². The van der Waals surface area contributed by atoms with Crippen LogP contribution in [0.15, 0.2) is 88.4 Å². The third-order valence-corrected chi connectivity index (χ3v) is 7.27. The van der Waals surface area contributed by atoms with Gasteiger partial charge in [-0.05, 0) is 48.4 Å². The Kier molecular flexibility index (Phi) is 8.77. The van der Waals surface area contributed by atoms with E-state index in [0.717, 1.165) is 32.1 Å². The zero-order valence-electron chi connectivity index (χ0n) is 23.9. The molecule has 0 bridgehead atoms. The van der Waals surface area contributed by atoms with Gasteiger partial charge in [-0.25, -0.2) is 10.2 Å². The Morgan fingerprint density at radius 1 is 0.860 bits per heavy atom. The Labute approximate surface area is 256 Å². The van der Waals surface area contributed by atoms with E-state index < -0.39 is 11.9 Å². The van der Waals surface area contributed by atoms with Gasteiger partial charge in [0, 0.05) is 26.5 Å². The van der Waals surface area contributed by atoms with E-state index in [9.17, 15) is 9.59 Å². The number of para-hydroxylation sites is 1. The smallest absolute Gasteiger partial charge is 0.343 e. The summed E-state index contributed by atoms with van der Waals surface area (Å²) in [6, 6.07) is 23.7. The number of H-pyrrole nitrogens is 1. The zero-order chi connectivity index (χ0) is 30.5. The molecule has 1 amide bonds. The Morgan fingerprint density at radius 3 is 2.26 bits per heavy atom. The number of nitrogens with zero attached hydrogens (tertiary/aromatic N) is 1. The molecule has 0 aliphatic rings. The first-order valence-electron chi connectivity index (χ1n) is 13.2. The summed E-state index contributed by atoms with van der Waals surface area (Å²) in [5.74, 6) is 0.144. The highest BCUT2D eigenvalue weighted by Gasteiger charge is 2.21. The van der Waals surface area contributed by atoms with E-state index in [1.54, 1.807) is 18.2 Å². The molecule has 218 valence electrons. The maximum absolute atomic E-state index is 13.4. The third kappa shape index (κ3) is 6.09. The third-order valence-electron chi connectivity index (χ3n) is 6.78. The molecular weight excluding hydrogens is 614 g/mol. The van der Waals surface area contributed by atoms with Crippen molar-refractivity contribution >= 4 is 44.9 Å². The Bertz CT molecular complexity index is 1820. The molecule has 0 saturated carbocycles. The van der Waals surface area contributed by atoms with Crippen LogP contribution in [0.25, 0.3) is 22.0 Å². The maximum atomic E-state index is 13.4. The Morgan fingerprint density at radius 2 is 1.58 bits per heavy atom. The molecule has 0 saturated heterocycles. The van der Waals surface area contributed by atoms with E-state index in [0.29, 0.717) is 28.5 Å². The first-order valence-corrected chi connectivity index (χ1v) is 14.0. The quantitative estimate of drug-likeness (QED) is 0.0782. The van der Waals surface area contributed by atoms with Gasteiger partial charge in [-0.3, -0.25) is 4.79 Å². The van der Waals surface area contributed by atoms with Crippen LogP contribution in [0.4, 0.5) is 0 Å². The Balaban J connectivity index is 1.41. The number of hydrazone groups is 1. The highest BCUT2D eigenvalue weighted by molar-refractivity contribution is 9.10. The molecule has 9 nitrogen and oxygen atoms in total. The van der Waals surface area contributed by atoms with E-state index in [4.69, 9.17) is 18.9 Å². The van der Waals surface area contributed by atoms with Crippen LogP contribution in [0, 0.1) is 6.92 Å². The van der Waals surface area contributed by atoms with Crippen molar-refractivity contribution in [3.05, 3.63) is 106 Å². The minimum absolute atomic E-state index is 0.191. The number of amides is 1. The summed E-state index contributed by atoms with van der Waals surface area (Å²) in [7, 11) is 4.40. The maximum Gasteiger partial charge on any atom is 0.343 e. The van der Waals surface area contributed by atoms with Gasteiger partial charge in [0.25, 0.3) is 5.91 Å². The topological polar surface area (TPSA) is 111 Å². The predicted molar refractivity (Wildman–Crippen MR) is 169 cm³/mol. The number of hydrogen-bond donors (Lipinski definition) is 2. The van der Waals surface area contributed by atoms with Gasteiger partial charge in [0.15, 0.2) is 11.5 Å². The summed E-state index contributed by atoms with van der Waals surface area (Å²) in [5, 5.41) is 5.13. The number of carbonyl (C=O) groups is 2. The molecule has 2 N–H and O–H groups in total. The van der Waals surface area contributed by atoms with Gasteiger partial charge in [-0.15, -0.1) is 0 Å². The fraction of sp³-hybridized carbons (Fsp3) is 0.121. The lowest BCUT2D eigenvalue weighted by molar-refractivity contribution is 0.0733. The highest BCUT2D eigenvalue weighted by Crippen LogP contribution is 2.39. The fourth-order valence-corrected chi connectivity index (χ4v) is 5.11. The molecule has 0 fully saturated rings. The molecule has 0 spiro atoms. The minimum atomic E-state index is -0.652. The van der Waals surface area contributed by atoms with Crippen molar-refractivity contribution in [2.24, 2.45) is 5.10 Å². The number of carbonyl (C=O) groups excluding carboxylic acids is 2. The van der Waals surface area contributed by atoms with Crippen molar-refractivity contribution in [1.82, 2.24) is 10.4 Å². The molecule has 1 aromatic heterocycles. The van der Waals surface area contributed by atoms with Crippen molar-refractivity contribution in [1.29, 1.82) is 0 Å². The van der Waals surface area contributed by atoms with Crippen LogP contribution >= 0.6 is 15.9 Å². The van der Waals surface area contributed by atoms with Gasteiger partial charge in [0.2, 0.25) is 5.75 Å². The van der Waals surface area contributed by atoms with Crippen molar-refractivity contribution in [2.45, 2.75) is 6.92 Å². The normalized spacial score (nSPS) is 11.0. The van der Waals surface area contributed by atoms with Gasteiger partial charge >= 0.3 is 5.97 Å². The number of esters is 1. The molecule has 0 unspecified atom stereocenters. The second-order valence-corrected chi connectivity index (χ2v) is 10.3. The molecule has 10 heteroatoms. The van der Waals surface area contributed by atoms with Crippen LogP contribution < -0.4 is 24.4 Å². The van der Waals surface area contributed by atoms with Gasteiger partial charge < -0.3 is 23.9 Å². The number of hydrogen-bond acceptors (Lipinski definition) is 7. The zero-order valence-corrected chi connectivity index (χ0v) is 25.4. The number of halogens is 1. The first kappa shape index (κ1) is 29.4. The second kappa shape index (κ2) is 12.8. The molecule has 43 heavy (non-hydrogen) atoms. The lowest BCUT2D eigenvalue weighted by atomic mass is 10.0. The largest absolute Gasteiger partial charge is 0.493 e. The minimum Gasteiger partial charge on any atom is -0.493 e. The molecule has 5 rings (SSSR count). The number of aromatic amines is 1. The fourth-order valence-electron chi connectivity index (χ4n) is 4.73. The van der Waals surface area contributed by atoms with Crippen LogP contribution in [-0.4, -0.2) is 44.4 Å². The SMILES string of the molecule is COc1cc(C(=O)Oc2ccc(Br)cc2C=NNC(=O)c2[nH]c3c(C)cccc3c2-c2ccccc2)cc(OC)c1OC. The van der Waals surface area contributed by atoms with Crippen LogP contribution in [-0.2, 0) is 0 Å². The summed E-state index contributed by atoms with van der Waals surface area (Å²) in [5.41, 5.74) is 7.22. The second-order valence-electron chi connectivity index (χ2n) is 9.42. The molecule has 1 heterocycles. The number of aryl methyl sites for hydroxylation is 1. The summed E-state index contributed by atoms with van der Waals surface area (Å²) in [4.78, 5) is 29.8. The van der Waals surface area contributed by atoms with Crippen LogP contribution in [0.1, 0.15) is 32.0 Å². The van der Waals surface area contributed by atoms with Crippen LogP contribution in [0.3, 0.4) is 0 Å². The lowest BCUT2D eigenvalue weighted by Gasteiger charge is -2.14. The van der Waals surface area contributed by atoms with Crippen LogP contribution in [0.2, 0.25) is 0 Å². The van der Waals surface area contributed by atoms with Gasteiger partial charge in [0.05, 0.1) is 33.1 Å². The van der Waals surface area contributed by atoms with Gasteiger partial charge in [-0.2, -0.15) is 5.10 Å². The van der Waals surface area contributed by atoms with Gasteiger partial charge in [-0.1, -0.05) is 64.5 Å². The Hall–Kier alpha value is -5.09. The van der Waals surface area contributed by atoms with E-state index >= 15 is 0 Å². The lowest BCUT2D eigenvalue weighted by Crippen LogP contribution is -2.19. The molecule has 0 radical (unpaired) electrons. The number of methoxy groups -OCH3 is 3. The molecular formula is C33H28BrN3O6. The predicted octanol–water partition coefficient (Wildman–Crippen LogP) is 6.91. The summed E-state index contributed by atoms with van der Waals surface area (Å²) in [6.45, 7) is 1.99. The number of benzene rings is 4. The molecule has 0 aliphatic heterocycles. The number of nitrogens with one attached hydrogen (secondary N) is 2. The average Bonchev–Trinajstić information content (AvgIpc) is 3.43. The first-order chi connectivity index (χ1) is 20.8. The van der Waals surface area contributed by atoms with Crippen LogP contribution in [0.5, 0.6) is 23.0 Å². The number of fused-ring (bicyclic) bond motifs is 1.